The number of aldehydes is 1. The maximum Gasteiger partial charge on any atom is 0.303 e. The standard InChI is InChI=1S/C18H17NO4/c20-13-14-6-4-9-16(12-14)19(11-5-10-17(21)22)18(23)15-7-2-1-3-8-15/h1-4,6-9,12-13H,5,10-11H2,(H,21,22). The van der Waals surface area contributed by atoms with Gasteiger partial charge in [-0.2, -0.15) is 0 Å². The number of amides is 1. The van der Waals surface area contributed by atoms with Gasteiger partial charge in [0.25, 0.3) is 5.91 Å². The lowest BCUT2D eigenvalue weighted by molar-refractivity contribution is -0.137. The average molecular weight is 311 g/mol. The molecular formula is C18H17NO4. The molecule has 0 spiro atoms. The maximum absolute atomic E-state index is 12.7. The smallest absolute Gasteiger partial charge is 0.303 e. The topological polar surface area (TPSA) is 74.7 Å². The molecule has 2 aromatic rings. The predicted molar refractivity (Wildman–Crippen MR) is 86.8 cm³/mol. The van der Waals surface area contributed by atoms with Gasteiger partial charge in [0.05, 0.1) is 0 Å². The summed E-state index contributed by atoms with van der Waals surface area (Å²) in [5.41, 5.74) is 1.56. The second-order valence-corrected chi connectivity index (χ2v) is 5.03. The van der Waals surface area contributed by atoms with Gasteiger partial charge < -0.3 is 10.0 Å². The third kappa shape index (κ3) is 4.51. The molecule has 0 aromatic heterocycles. The van der Waals surface area contributed by atoms with E-state index in [0.29, 0.717) is 29.5 Å². The lowest BCUT2D eigenvalue weighted by Gasteiger charge is -2.23. The van der Waals surface area contributed by atoms with Crippen molar-refractivity contribution in [3.63, 3.8) is 0 Å². The van der Waals surface area contributed by atoms with E-state index in [9.17, 15) is 14.4 Å². The molecule has 0 saturated heterocycles. The van der Waals surface area contributed by atoms with Crippen molar-refractivity contribution >= 4 is 23.9 Å². The Bertz CT molecular complexity index is 697. The van der Waals surface area contributed by atoms with Crippen LogP contribution < -0.4 is 4.90 Å². The molecule has 1 N–H and O–H groups in total. The minimum atomic E-state index is -0.904. The van der Waals surface area contributed by atoms with E-state index in [-0.39, 0.29) is 18.9 Å². The minimum Gasteiger partial charge on any atom is -0.481 e. The first-order chi connectivity index (χ1) is 11.1. The van der Waals surface area contributed by atoms with Crippen LogP contribution in [0.15, 0.2) is 54.6 Å². The van der Waals surface area contributed by atoms with Crippen molar-refractivity contribution in [3.05, 3.63) is 65.7 Å². The Morgan fingerprint density at radius 2 is 1.78 bits per heavy atom. The van der Waals surface area contributed by atoms with Crippen molar-refractivity contribution in [3.8, 4) is 0 Å². The number of carboxylic acid groups (broad SMARTS) is 1. The number of carbonyl (C=O) groups is 3. The molecule has 1 amide bonds. The van der Waals surface area contributed by atoms with Gasteiger partial charge >= 0.3 is 5.97 Å². The van der Waals surface area contributed by atoms with E-state index in [2.05, 4.69) is 0 Å². The van der Waals surface area contributed by atoms with Crippen LogP contribution >= 0.6 is 0 Å². The number of carboxylic acids is 1. The Balaban J connectivity index is 2.28. The fraction of sp³-hybridized carbons (Fsp3) is 0.167. The summed E-state index contributed by atoms with van der Waals surface area (Å²) in [5.74, 6) is -1.13. The quantitative estimate of drug-likeness (QED) is 0.798. The van der Waals surface area contributed by atoms with Gasteiger partial charge in [0.1, 0.15) is 6.29 Å². The Morgan fingerprint density at radius 3 is 2.43 bits per heavy atom. The Morgan fingerprint density at radius 1 is 1.04 bits per heavy atom. The number of hydrogen-bond donors (Lipinski definition) is 1. The van der Waals surface area contributed by atoms with Gasteiger partial charge in [-0.25, -0.2) is 0 Å². The molecule has 0 saturated carbocycles. The minimum absolute atomic E-state index is 0.0219. The Hall–Kier alpha value is -2.95. The Kier molecular flexibility index (Phi) is 5.63. The second kappa shape index (κ2) is 7.89. The summed E-state index contributed by atoms with van der Waals surface area (Å²) in [5, 5.41) is 8.78. The number of aliphatic carboxylic acids is 1. The molecule has 2 rings (SSSR count). The van der Waals surface area contributed by atoms with Gasteiger partial charge in [-0.3, -0.25) is 14.4 Å². The van der Waals surface area contributed by atoms with Crippen molar-refractivity contribution in [2.45, 2.75) is 12.8 Å². The normalized spacial score (nSPS) is 10.1. The van der Waals surface area contributed by atoms with Crippen molar-refractivity contribution < 1.29 is 19.5 Å². The van der Waals surface area contributed by atoms with Gasteiger partial charge in [-0.05, 0) is 30.7 Å². The molecule has 23 heavy (non-hydrogen) atoms. The lowest BCUT2D eigenvalue weighted by atomic mass is 10.1. The zero-order valence-corrected chi connectivity index (χ0v) is 12.5. The highest BCUT2D eigenvalue weighted by Crippen LogP contribution is 2.19. The van der Waals surface area contributed by atoms with Crippen LogP contribution in [0, 0.1) is 0 Å². The van der Waals surface area contributed by atoms with Crippen LogP contribution in [-0.2, 0) is 4.79 Å². The molecule has 0 bridgehead atoms. The van der Waals surface area contributed by atoms with E-state index < -0.39 is 5.97 Å². The average Bonchev–Trinajstić information content (AvgIpc) is 2.59. The highest BCUT2D eigenvalue weighted by Gasteiger charge is 2.18. The first-order valence-electron chi connectivity index (χ1n) is 7.26. The van der Waals surface area contributed by atoms with Crippen molar-refractivity contribution in [2.75, 3.05) is 11.4 Å². The van der Waals surface area contributed by atoms with Crippen LogP contribution in [0.5, 0.6) is 0 Å². The van der Waals surface area contributed by atoms with Crippen LogP contribution in [0.2, 0.25) is 0 Å². The molecule has 0 aliphatic carbocycles. The third-order valence-electron chi connectivity index (χ3n) is 3.36. The van der Waals surface area contributed by atoms with Crippen LogP contribution in [0.1, 0.15) is 33.6 Å². The number of benzene rings is 2. The highest BCUT2D eigenvalue weighted by atomic mass is 16.4. The van der Waals surface area contributed by atoms with Crippen LogP contribution in [0.25, 0.3) is 0 Å². The summed E-state index contributed by atoms with van der Waals surface area (Å²) in [4.78, 5) is 35.9. The zero-order chi connectivity index (χ0) is 16.7. The SMILES string of the molecule is O=Cc1cccc(N(CCCC(=O)O)C(=O)c2ccccc2)c1. The molecule has 0 aliphatic rings. The number of anilines is 1. The monoisotopic (exact) mass is 311 g/mol. The summed E-state index contributed by atoms with van der Waals surface area (Å²) < 4.78 is 0. The number of carbonyl (C=O) groups excluding carboxylic acids is 2. The lowest BCUT2D eigenvalue weighted by Crippen LogP contribution is -2.32. The van der Waals surface area contributed by atoms with Gasteiger partial charge in [0, 0.05) is 29.8 Å². The molecule has 118 valence electrons. The fourth-order valence-corrected chi connectivity index (χ4v) is 2.24. The molecule has 0 atom stereocenters. The zero-order valence-electron chi connectivity index (χ0n) is 12.5. The Labute approximate surface area is 134 Å². The van der Waals surface area contributed by atoms with Crippen LogP contribution in [-0.4, -0.2) is 29.8 Å². The number of nitrogens with zero attached hydrogens (tertiary/aromatic N) is 1. The summed E-state index contributed by atoms with van der Waals surface area (Å²) >= 11 is 0. The van der Waals surface area contributed by atoms with Crippen LogP contribution in [0.4, 0.5) is 5.69 Å². The van der Waals surface area contributed by atoms with E-state index in [1.807, 2.05) is 6.07 Å². The fourth-order valence-electron chi connectivity index (χ4n) is 2.24. The van der Waals surface area contributed by atoms with E-state index >= 15 is 0 Å². The van der Waals surface area contributed by atoms with E-state index in [0.717, 1.165) is 0 Å². The van der Waals surface area contributed by atoms with E-state index in [4.69, 9.17) is 5.11 Å². The largest absolute Gasteiger partial charge is 0.481 e. The molecule has 2 aromatic carbocycles. The summed E-state index contributed by atoms with van der Waals surface area (Å²) in [7, 11) is 0. The molecule has 5 heteroatoms. The number of hydrogen-bond acceptors (Lipinski definition) is 3. The van der Waals surface area contributed by atoms with E-state index in [1.54, 1.807) is 48.5 Å². The predicted octanol–water partition coefficient (Wildman–Crippen LogP) is 3.01. The summed E-state index contributed by atoms with van der Waals surface area (Å²) in [6.07, 6.45) is 1.02. The third-order valence-corrected chi connectivity index (χ3v) is 3.36. The first kappa shape index (κ1) is 16.4. The van der Waals surface area contributed by atoms with Crippen molar-refractivity contribution in [1.29, 1.82) is 0 Å². The first-order valence-corrected chi connectivity index (χ1v) is 7.26. The molecule has 5 nitrogen and oxygen atoms in total. The van der Waals surface area contributed by atoms with Gasteiger partial charge in [-0.1, -0.05) is 30.3 Å². The van der Waals surface area contributed by atoms with Gasteiger partial charge in [0.2, 0.25) is 0 Å². The summed E-state index contributed by atoms with van der Waals surface area (Å²) in [6, 6.07) is 15.5. The molecule has 0 fully saturated rings. The second-order valence-electron chi connectivity index (χ2n) is 5.03. The van der Waals surface area contributed by atoms with Gasteiger partial charge in [-0.15, -0.1) is 0 Å². The van der Waals surface area contributed by atoms with Crippen LogP contribution in [0.3, 0.4) is 0 Å². The van der Waals surface area contributed by atoms with Crippen molar-refractivity contribution in [2.24, 2.45) is 0 Å². The molecule has 0 radical (unpaired) electrons. The molecule has 0 unspecified atom stereocenters. The summed E-state index contributed by atoms with van der Waals surface area (Å²) in [6.45, 7) is 0.266. The number of rotatable bonds is 7. The highest BCUT2D eigenvalue weighted by molar-refractivity contribution is 6.06. The van der Waals surface area contributed by atoms with Crippen molar-refractivity contribution in [1.82, 2.24) is 0 Å². The molecule has 0 heterocycles. The maximum atomic E-state index is 12.7. The molecular weight excluding hydrogens is 294 g/mol. The van der Waals surface area contributed by atoms with Gasteiger partial charge in [0.15, 0.2) is 0 Å². The van der Waals surface area contributed by atoms with E-state index in [1.165, 1.54) is 4.90 Å². The molecule has 0 aliphatic heterocycles.